The van der Waals surface area contributed by atoms with E-state index in [1.54, 1.807) is 6.08 Å². The van der Waals surface area contributed by atoms with Crippen LogP contribution in [0, 0.1) is 0 Å². The van der Waals surface area contributed by atoms with Crippen LogP contribution >= 0.6 is 0 Å². The topological polar surface area (TPSA) is 54.0 Å². The molecule has 2 heterocycles. The monoisotopic (exact) mass is 228 g/mol. The molecule has 0 spiro atoms. The van der Waals surface area contributed by atoms with Gasteiger partial charge in [-0.1, -0.05) is 0 Å². The molecule has 0 aromatic carbocycles. The lowest BCUT2D eigenvalue weighted by atomic mass is 10.2. The first kappa shape index (κ1) is 11.6. The Morgan fingerprint density at radius 2 is 2.31 bits per heavy atom. The van der Waals surface area contributed by atoms with Crippen molar-refractivity contribution in [1.29, 1.82) is 0 Å². The van der Waals surface area contributed by atoms with Crippen molar-refractivity contribution < 1.29 is 23.7 Å². The van der Waals surface area contributed by atoms with Crippen molar-refractivity contribution in [3.05, 3.63) is 11.6 Å². The van der Waals surface area contributed by atoms with Crippen LogP contribution in [0.5, 0.6) is 0 Å². The molecule has 0 bridgehead atoms. The molecular formula is C11H16O5. The van der Waals surface area contributed by atoms with Gasteiger partial charge in [0.25, 0.3) is 0 Å². The van der Waals surface area contributed by atoms with Gasteiger partial charge in [0.2, 0.25) is 0 Å². The first-order valence-corrected chi connectivity index (χ1v) is 5.24. The predicted molar refractivity (Wildman–Crippen MR) is 54.7 cm³/mol. The predicted octanol–water partition coefficient (Wildman–Crippen LogP) is 0.636. The van der Waals surface area contributed by atoms with E-state index in [1.807, 2.05) is 13.8 Å². The fourth-order valence-corrected chi connectivity index (χ4v) is 1.83. The maximum atomic E-state index is 11.3. The van der Waals surface area contributed by atoms with Gasteiger partial charge < -0.3 is 18.9 Å². The number of hydrogen-bond acceptors (Lipinski definition) is 5. The Kier molecular flexibility index (Phi) is 3.01. The van der Waals surface area contributed by atoms with Gasteiger partial charge in [-0.3, -0.25) is 0 Å². The zero-order valence-electron chi connectivity index (χ0n) is 9.69. The number of hydrogen-bond donors (Lipinski definition) is 0. The molecule has 0 saturated carbocycles. The van der Waals surface area contributed by atoms with Gasteiger partial charge in [-0.25, -0.2) is 4.79 Å². The van der Waals surface area contributed by atoms with Crippen molar-refractivity contribution in [3.63, 3.8) is 0 Å². The van der Waals surface area contributed by atoms with Crippen LogP contribution in [-0.4, -0.2) is 44.3 Å². The zero-order valence-corrected chi connectivity index (χ0v) is 9.69. The largest absolute Gasteiger partial charge is 0.466 e. The number of esters is 1. The first-order chi connectivity index (χ1) is 7.52. The van der Waals surface area contributed by atoms with Crippen LogP contribution in [0.3, 0.4) is 0 Å². The number of methoxy groups -OCH3 is 1. The van der Waals surface area contributed by atoms with E-state index < -0.39 is 5.79 Å². The highest BCUT2D eigenvalue weighted by Gasteiger charge is 2.39. The molecule has 1 saturated heterocycles. The van der Waals surface area contributed by atoms with Gasteiger partial charge in [0.05, 0.1) is 25.9 Å². The highest BCUT2D eigenvalue weighted by Crippen LogP contribution is 2.28. The van der Waals surface area contributed by atoms with Crippen LogP contribution in [0.1, 0.15) is 13.8 Å². The molecule has 2 aliphatic heterocycles. The van der Waals surface area contributed by atoms with Crippen molar-refractivity contribution in [2.24, 2.45) is 0 Å². The number of ether oxygens (including phenoxy) is 4. The molecule has 0 N–H and O–H groups in total. The summed E-state index contributed by atoms with van der Waals surface area (Å²) < 4.78 is 21.2. The van der Waals surface area contributed by atoms with Crippen LogP contribution in [0.15, 0.2) is 11.6 Å². The Bertz CT molecular complexity index is 320. The van der Waals surface area contributed by atoms with E-state index in [-0.39, 0.29) is 24.8 Å². The van der Waals surface area contributed by atoms with Crippen molar-refractivity contribution in [2.75, 3.05) is 20.3 Å². The maximum Gasteiger partial charge on any atom is 0.335 e. The molecule has 16 heavy (non-hydrogen) atoms. The smallest absolute Gasteiger partial charge is 0.335 e. The fourth-order valence-electron chi connectivity index (χ4n) is 1.83. The minimum atomic E-state index is -0.574. The fraction of sp³-hybridized carbons (Fsp3) is 0.727. The van der Waals surface area contributed by atoms with Gasteiger partial charge in [0.15, 0.2) is 5.79 Å². The molecule has 0 aromatic heterocycles. The van der Waals surface area contributed by atoms with Crippen molar-refractivity contribution in [3.8, 4) is 0 Å². The van der Waals surface area contributed by atoms with Crippen LogP contribution in [0.4, 0.5) is 0 Å². The second-order valence-corrected chi connectivity index (χ2v) is 4.33. The summed E-state index contributed by atoms with van der Waals surface area (Å²) in [5.41, 5.74) is 0.542. The Balaban J connectivity index is 1.98. The van der Waals surface area contributed by atoms with E-state index in [0.29, 0.717) is 12.2 Å². The Morgan fingerprint density at radius 1 is 1.56 bits per heavy atom. The quantitative estimate of drug-likeness (QED) is 0.649. The molecule has 90 valence electrons. The second kappa shape index (κ2) is 4.16. The zero-order chi connectivity index (χ0) is 11.8. The molecule has 0 radical (unpaired) electrons. The third-order valence-corrected chi connectivity index (χ3v) is 2.64. The molecular weight excluding hydrogens is 212 g/mol. The molecule has 2 aliphatic rings. The Morgan fingerprint density at radius 3 is 2.88 bits per heavy atom. The third-order valence-electron chi connectivity index (χ3n) is 2.64. The average molecular weight is 228 g/mol. The number of carbonyl (C=O) groups is 1. The maximum absolute atomic E-state index is 11.3. The molecule has 5 heteroatoms. The van der Waals surface area contributed by atoms with Gasteiger partial charge in [-0.2, -0.15) is 0 Å². The summed E-state index contributed by atoms with van der Waals surface area (Å²) >= 11 is 0. The highest BCUT2D eigenvalue weighted by atomic mass is 16.7. The Labute approximate surface area is 94.3 Å². The van der Waals surface area contributed by atoms with Crippen LogP contribution in [0.2, 0.25) is 0 Å². The average Bonchev–Trinajstić information content (AvgIpc) is 2.83. The Hall–Kier alpha value is -0.910. The van der Waals surface area contributed by atoms with E-state index >= 15 is 0 Å². The lowest BCUT2D eigenvalue weighted by Crippen LogP contribution is -2.29. The molecule has 5 nitrogen and oxygen atoms in total. The van der Waals surface area contributed by atoms with E-state index in [1.165, 1.54) is 7.11 Å². The summed E-state index contributed by atoms with van der Waals surface area (Å²) in [7, 11) is 1.36. The summed E-state index contributed by atoms with van der Waals surface area (Å²) in [6.45, 7) is 4.46. The molecule has 2 rings (SSSR count). The minimum absolute atomic E-state index is 0.155. The second-order valence-electron chi connectivity index (χ2n) is 4.33. The van der Waals surface area contributed by atoms with Gasteiger partial charge >= 0.3 is 5.97 Å². The molecule has 0 unspecified atom stereocenters. The number of rotatable bonds is 2. The summed E-state index contributed by atoms with van der Waals surface area (Å²) in [5, 5.41) is 0. The summed E-state index contributed by atoms with van der Waals surface area (Å²) in [6, 6.07) is 0. The summed E-state index contributed by atoms with van der Waals surface area (Å²) in [4.78, 5) is 11.3. The summed E-state index contributed by atoms with van der Waals surface area (Å²) in [6.07, 6.45) is 1.37. The van der Waals surface area contributed by atoms with Crippen LogP contribution < -0.4 is 0 Å². The van der Waals surface area contributed by atoms with Gasteiger partial charge in [0, 0.05) is 0 Å². The molecule has 0 aliphatic carbocycles. The van der Waals surface area contributed by atoms with E-state index in [4.69, 9.17) is 14.2 Å². The highest BCUT2D eigenvalue weighted by molar-refractivity contribution is 5.89. The lowest BCUT2D eigenvalue weighted by Gasteiger charge is -2.19. The summed E-state index contributed by atoms with van der Waals surface area (Å²) in [5.74, 6) is -0.920. The minimum Gasteiger partial charge on any atom is -0.466 e. The number of carbonyl (C=O) groups excluding carboxylic acids is 1. The third kappa shape index (κ3) is 2.26. The van der Waals surface area contributed by atoms with Gasteiger partial charge in [-0.15, -0.1) is 0 Å². The van der Waals surface area contributed by atoms with Crippen molar-refractivity contribution in [1.82, 2.24) is 0 Å². The standard InChI is InChI=1S/C11H16O5/c1-11(2)15-6-9(16-11)8-4-7(5-14-8)10(12)13-3/h4,8-9H,5-6H2,1-3H3/t8-,9+/m0/s1. The first-order valence-electron chi connectivity index (χ1n) is 5.24. The van der Waals surface area contributed by atoms with Crippen LogP contribution in [-0.2, 0) is 23.7 Å². The van der Waals surface area contributed by atoms with E-state index in [9.17, 15) is 4.79 Å². The lowest BCUT2D eigenvalue weighted by molar-refractivity contribution is -0.149. The van der Waals surface area contributed by atoms with Gasteiger partial charge in [0.1, 0.15) is 12.2 Å². The SMILES string of the molecule is COC(=O)C1=C[C@@H]([C@H]2COC(C)(C)O2)OC1. The molecule has 0 amide bonds. The van der Waals surface area contributed by atoms with Crippen molar-refractivity contribution >= 4 is 5.97 Å². The van der Waals surface area contributed by atoms with E-state index in [0.717, 1.165) is 0 Å². The molecule has 1 fully saturated rings. The normalized spacial score (nSPS) is 32.6. The van der Waals surface area contributed by atoms with Gasteiger partial charge in [-0.05, 0) is 19.9 Å². The molecule has 0 aromatic rings. The molecule has 2 atom stereocenters. The van der Waals surface area contributed by atoms with Crippen molar-refractivity contribution in [2.45, 2.75) is 31.8 Å². The van der Waals surface area contributed by atoms with E-state index in [2.05, 4.69) is 4.74 Å². The van der Waals surface area contributed by atoms with Crippen LogP contribution in [0.25, 0.3) is 0 Å².